The van der Waals surface area contributed by atoms with Crippen molar-refractivity contribution >= 4 is 10.9 Å². The summed E-state index contributed by atoms with van der Waals surface area (Å²) in [6.45, 7) is 5.04. The first-order valence-corrected chi connectivity index (χ1v) is 11.2. The topological polar surface area (TPSA) is 79.0 Å². The maximum atomic E-state index is 10.6. The van der Waals surface area contributed by atoms with Crippen LogP contribution in [-0.4, -0.2) is 81.3 Å². The fraction of sp³-hybridized carbons (Fsp3) is 0.440. The van der Waals surface area contributed by atoms with Crippen LogP contribution in [0.4, 0.5) is 0 Å². The molecule has 3 N–H and O–H groups in total. The first-order chi connectivity index (χ1) is 15.7. The van der Waals surface area contributed by atoms with E-state index in [1.165, 1.54) is 10.9 Å². The molecule has 1 aliphatic heterocycles. The third-order valence-corrected chi connectivity index (χ3v) is 6.11. The van der Waals surface area contributed by atoms with E-state index in [1.54, 1.807) is 14.2 Å². The molecule has 0 amide bonds. The lowest BCUT2D eigenvalue weighted by atomic mass is 9.89. The molecule has 2 aromatic carbocycles. The summed E-state index contributed by atoms with van der Waals surface area (Å²) in [6, 6.07) is 14.3. The molecule has 2 unspecified atom stereocenters. The Kier molecular flexibility index (Phi) is 7.65. The number of morpholine rings is 1. The average molecular weight is 440 g/mol. The number of nitrogens with one attached hydrogen (secondary N) is 2. The van der Waals surface area contributed by atoms with E-state index in [1.807, 2.05) is 18.2 Å². The van der Waals surface area contributed by atoms with Gasteiger partial charge in [-0.2, -0.15) is 0 Å². The summed E-state index contributed by atoms with van der Waals surface area (Å²) in [5, 5.41) is 15.2. The summed E-state index contributed by atoms with van der Waals surface area (Å²) in [6.07, 6.45) is 1.63. The first-order valence-electron chi connectivity index (χ1n) is 11.2. The fourth-order valence-electron chi connectivity index (χ4n) is 4.50. The van der Waals surface area contributed by atoms with E-state index < -0.39 is 6.10 Å². The average Bonchev–Trinajstić information content (AvgIpc) is 3.26. The molecule has 1 saturated heterocycles. The molecule has 0 spiro atoms. The Morgan fingerprint density at radius 1 is 1.03 bits per heavy atom. The molecule has 2 heterocycles. The molecule has 3 aromatic rings. The Morgan fingerprint density at radius 2 is 1.84 bits per heavy atom. The second kappa shape index (κ2) is 10.8. The van der Waals surface area contributed by atoms with Crippen molar-refractivity contribution in [1.82, 2.24) is 15.2 Å². The molecule has 2 atom stereocenters. The second-order valence-electron chi connectivity index (χ2n) is 8.15. The number of hydrogen-bond acceptors (Lipinski definition) is 6. The van der Waals surface area contributed by atoms with Crippen molar-refractivity contribution in [3.05, 3.63) is 59.8 Å². The van der Waals surface area contributed by atoms with E-state index in [-0.39, 0.29) is 5.92 Å². The number of hydrogen-bond donors (Lipinski definition) is 3. The molecule has 1 fully saturated rings. The van der Waals surface area contributed by atoms with Crippen molar-refractivity contribution in [1.29, 1.82) is 0 Å². The number of methoxy groups -OCH3 is 2. The highest BCUT2D eigenvalue weighted by Gasteiger charge is 2.24. The van der Waals surface area contributed by atoms with Gasteiger partial charge in [-0.25, -0.2) is 0 Å². The molecule has 1 aromatic heterocycles. The zero-order valence-corrected chi connectivity index (χ0v) is 18.8. The Morgan fingerprint density at radius 3 is 2.62 bits per heavy atom. The number of β-amino-alcohol motifs (C(OH)–C–C–N with tert-alkyl or cyclic N) is 1. The third-order valence-electron chi connectivity index (χ3n) is 6.11. The van der Waals surface area contributed by atoms with Crippen molar-refractivity contribution < 1.29 is 19.3 Å². The third kappa shape index (κ3) is 5.07. The van der Waals surface area contributed by atoms with E-state index in [0.717, 1.165) is 43.1 Å². The number of aromatic amines is 1. The monoisotopic (exact) mass is 439 g/mol. The molecular formula is C25H33N3O4. The van der Waals surface area contributed by atoms with Crippen LogP contribution < -0.4 is 14.8 Å². The van der Waals surface area contributed by atoms with Crippen molar-refractivity contribution in [2.24, 2.45) is 0 Å². The van der Waals surface area contributed by atoms with Gasteiger partial charge in [-0.1, -0.05) is 30.3 Å². The van der Waals surface area contributed by atoms with E-state index in [9.17, 15) is 5.11 Å². The van der Waals surface area contributed by atoms with E-state index >= 15 is 0 Å². The highest BCUT2D eigenvalue weighted by atomic mass is 16.5. The van der Waals surface area contributed by atoms with Crippen LogP contribution in [0.2, 0.25) is 0 Å². The smallest absolute Gasteiger partial charge is 0.164 e. The van der Waals surface area contributed by atoms with Crippen molar-refractivity contribution in [3.8, 4) is 11.5 Å². The predicted molar refractivity (Wildman–Crippen MR) is 126 cm³/mol. The van der Waals surface area contributed by atoms with Gasteiger partial charge in [0.2, 0.25) is 0 Å². The van der Waals surface area contributed by atoms with Crippen LogP contribution in [0.3, 0.4) is 0 Å². The minimum atomic E-state index is -0.441. The molecule has 7 nitrogen and oxygen atoms in total. The zero-order valence-electron chi connectivity index (χ0n) is 18.8. The summed E-state index contributed by atoms with van der Waals surface area (Å²) in [5.41, 5.74) is 3.33. The number of ether oxygens (including phenoxy) is 3. The molecule has 1 aliphatic rings. The molecule has 4 rings (SSSR count). The Hall–Kier alpha value is -2.58. The number of benzene rings is 2. The second-order valence-corrected chi connectivity index (χ2v) is 8.15. The van der Waals surface area contributed by atoms with Crippen LogP contribution >= 0.6 is 0 Å². The molecule has 0 radical (unpaired) electrons. The minimum Gasteiger partial charge on any atom is -0.493 e. The quantitative estimate of drug-likeness (QED) is 0.451. The van der Waals surface area contributed by atoms with Gasteiger partial charge < -0.3 is 29.6 Å². The number of para-hydroxylation sites is 2. The fourth-order valence-corrected chi connectivity index (χ4v) is 4.50. The van der Waals surface area contributed by atoms with E-state index in [0.29, 0.717) is 25.4 Å². The number of rotatable bonds is 10. The van der Waals surface area contributed by atoms with Gasteiger partial charge >= 0.3 is 0 Å². The normalized spacial score (nSPS) is 16.7. The van der Waals surface area contributed by atoms with Gasteiger partial charge in [0.1, 0.15) is 0 Å². The standard InChI is InChI=1S/C25H33N3O4/c1-30-24-9-5-7-20(25(24)31-2)21(22-16-27-23-8-4-3-6-19(22)23)15-26-14-18(29)17-28-10-12-32-13-11-28/h3-9,16,18,21,26-27,29H,10-15,17H2,1-2H3. The lowest BCUT2D eigenvalue weighted by molar-refractivity contribution is 0.0149. The highest BCUT2D eigenvalue weighted by molar-refractivity contribution is 5.84. The van der Waals surface area contributed by atoms with Gasteiger partial charge in [-0.05, 0) is 17.7 Å². The maximum Gasteiger partial charge on any atom is 0.164 e. The minimum absolute atomic E-state index is 0.0202. The molecule has 0 aliphatic carbocycles. The molecule has 0 saturated carbocycles. The van der Waals surface area contributed by atoms with E-state index in [4.69, 9.17) is 14.2 Å². The van der Waals surface area contributed by atoms with Crippen LogP contribution in [-0.2, 0) is 4.74 Å². The summed E-state index contributed by atoms with van der Waals surface area (Å²) in [7, 11) is 3.33. The van der Waals surface area contributed by atoms with Gasteiger partial charge in [0.25, 0.3) is 0 Å². The molecular weight excluding hydrogens is 406 g/mol. The van der Waals surface area contributed by atoms with Gasteiger partial charge in [0, 0.05) is 61.3 Å². The van der Waals surface area contributed by atoms with Crippen LogP contribution in [0, 0.1) is 0 Å². The molecule has 172 valence electrons. The van der Waals surface area contributed by atoms with Crippen LogP contribution in [0.5, 0.6) is 11.5 Å². The van der Waals surface area contributed by atoms with Gasteiger partial charge in [-0.15, -0.1) is 0 Å². The summed E-state index contributed by atoms with van der Waals surface area (Å²) < 4.78 is 16.7. The summed E-state index contributed by atoms with van der Waals surface area (Å²) in [4.78, 5) is 5.64. The Balaban J connectivity index is 1.55. The largest absolute Gasteiger partial charge is 0.493 e. The van der Waals surface area contributed by atoms with Crippen molar-refractivity contribution in [3.63, 3.8) is 0 Å². The van der Waals surface area contributed by atoms with Gasteiger partial charge in [-0.3, -0.25) is 4.90 Å². The lowest BCUT2D eigenvalue weighted by Crippen LogP contribution is -2.44. The number of H-pyrrole nitrogens is 1. The highest BCUT2D eigenvalue weighted by Crippen LogP contribution is 2.40. The van der Waals surface area contributed by atoms with E-state index in [2.05, 4.69) is 45.7 Å². The van der Waals surface area contributed by atoms with Gasteiger partial charge in [0.15, 0.2) is 11.5 Å². The van der Waals surface area contributed by atoms with Crippen molar-refractivity contribution in [2.45, 2.75) is 12.0 Å². The Labute approximate surface area is 189 Å². The first kappa shape index (κ1) is 22.6. The SMILES string of the molecule is COc1cccc(C(CNCC(O)CN2CCOCC2)c2c[nH]c3ccccc23)c1OC. The number of aliphatic hydroxyl groups excluding tert-OH is 1. The molecule has 32 heavy (non-hydrogen) atoms. The molecule has 0 bridgehead atoms. The number of aliphatic hydroxyl groups is 1. The van der Waals surface area contributed by atoms with Crippen LogP contribution in [0.1, 0.15) is 17.0 Å². The van der Waals surface area contributed by atoms with Crippen LogP contribution in [0.25, 0.3) is 10.9 Å². The molecule has 7 heteroatoms. The van der Waals surface area contributed by atoms with Crippen molar-refractivity contribution in [2.75, 3.05) is 60.2 Å². The van der Waals surface area contributed by atoms with Crippen LogP contribution in [0.15, 0.2) is 48.7 Å². The predicted octanol–water partition coefficient (Wildman–Crippen LogP) is 2.60. The van der Waals surface area contributed by atoms with Gasteiger partial charge in [0.05, 0.1) is 33.5 Å². The summed E-state index contributed by atoms with van der Waals surface area (Å²) >= 11 is 0. The number of nitrogens with zero attached hydrogens (tertiary/aromatic N) is 1. The lowest BCUT2D eigenvalue weighted by Gasteiger charge is -2.29. The zero-order chi connectivity index (χ0) is 22.3. The maximum absolute atomic E-state index is 10.6. The summed E-state index contributed by atoms with van der Waals surface area (Å²) in [5.74, 6) is 1.47. The number of aromatic nitrogens is 1. The Bertz CT molecular complexity index is 1000. The number of fused-ring (bicyclic) bond motifs is 1.